The van der Waals surface area contributed by atoms with E-state index in [0.29, 0.717) is 0 Å². The summed E-state index contributed by atoms with van der Waals surface area (Å²) in [5, 5.41) is 14.9. The summed E-state index contributed by atoms with van der Waals surface area (Å²) in [6, 6.07) is -2.03. The Kier molecular flexibility index (Phi) is 5.61. The second-order valence-electron chi connectivity index (χ2n) is 4.92. The molecule has 7 nitrogen and oxygen atoms in total. The van der Waals surface area contributed by atoms with Gasteiger partial charge in [0.1, 0.15) is 11.6 Å². The first kappa shape index (κ1) is 16.2. The molecule has 2 amide bonds. The molecule has 104 valence electrons. The van der Waals surface area contributed by atoms with Crippen molar-refractivity contribution in [2.45, 2.75) is 52.3 Å². The molecule has 0 spiro atoms. The highest BCUT2D eigenvalue weighted by molar-refractivity contribution is 5.88. The second kappa shape index (κ2) is 6.23. The average Bonchev–Trinajstić information content (AvgIpc) is 2.13. The lowest BCUT2D eigenvalue weighted by Gasteiger charge is -2.22. The Morgan fingerprint density at radius 2 is 1.56 bits per heavy atom. The van der Waals surface area contributed by atoms with Gasteiger partial charge in [-0.2, -0.15) is 0 Å². The fourth-order valence-electron chi connectivity index (χ4n) is 0.947. The Labute approximate surface area is 106 Å². The van der Waals surface area contributed by atoms with Crippen LogP contribution in [0.4, 0.5) is 4.79 Å². The maximum absolute atomic E-state index is 11.5. The van der Waals surface area contributed by atoms with Crippen molar-refractivity contribution in [3.63, 3.8) is 0 Å². The summed E-state index contributed by atoms with van der Waals surface area (Å²) >= 11 is 0. The van der Waals surface area contributed by atoms with Gasteiger partial charge in [0.25, 0.3) is 0 Å². The smallest absolute Gasteiger partial charge is 0.408 e. The van der Waals surface area contributed by atoms with E-state index in [1.807, 2.05) is 0 Å². The molecule has 0 radical (unpaired) electrons. The number of hydrogen-bond donors (Lipinski definition) is 2. The summed E-state index contributed by atoms with van der Waals surface area (Å²) in [6.07, 6.45) is -0.744. The summed E-state index contributed by atoms with van der Waals surface area (Å²) in [6.45, 7) is 7.76. The number of nitrogens with one attached hydrogen (secondary N) is 2. The zero-order chi connectivity index (χ0) is 14.5. The van der Waals surface area contributed by atoms with Gasteiger partial charge in [0.15, 0.2) is 0 Å². The number of amides is 2. The fourth-order valence-corrected chi connectivity index (χ4v) is 0.947. The van der Waals surface area contributed by atoms with E-state index in [4.69, 9.17) is 4.74 Å². The molecule has 0 aliphatic rings. The predicted octanol–water partition coefficient (Wildman–Crippen LogP) is -0.846. The minimum atomic E-state index is -1.40. The first-order valence-corrected chi connectivity index (χ1v) is 5.53. The summed E-state index contributed by atoms with van der Waals surface area (Å²) in [5.74, 6) is -2.02. The molecule has 0 aromatic carbocycles. The van der Waals surface area contributed by atoms with Crippen LogP contribution in [0.1, 0.15) is 34.6 Å². The van der Waals surface area contributed by atoms with Crippen LogP contribution in [0.3, 0.4) is 0 Å². The highest BCUT2D eigenvalue weighted by atomic mass is 16.6. The minimum absolute atomic E-state index is 0.627. The number of carboxylic acid groups (broad SMARTS) is 1. The number of carboxylic acids is 1. The number of hydrogen-bond acceptors (Lipinski definition) is 5. The second-order valence-corrected chi connectivity index (χ2v) is 4.92. The quantitative estimate of drug-likeness (QED) is 0.684. The van der Waals surface area contributed by atoms with Crippen LogP contribution in [0.15, 0.2) is 0 Å². The largest absolute Gasteiger partial charge is 0.548 e. The molecule has 0 unspecified atom stereocenters. The van der Waals surface area contributed by atoms with Crippen molar-refractivity contribution in [3.8, 4) is 0 Å². The molecule has 0 saturated heterocycles. The van der Waals surface area contributed by atoms with Crippen LogP contribution in [0.5, 0.6) is 0 Å². The van der Waals surface area contributed by atoms with E-state index in [-0.39, 0.29) is 0 Å². The van der Waals surface area contributed by atoms with E-state index in [2.05, 4.69) is 10.6 Å². The summed E-state index contributed by atoms with van der Waals surface area (Å²) in [4.78, 5) is 33.3. The van der Waals surface area contributed by atoms with Crippen molar-refractivity contribution in [2.75, 3.05) is 0 Å². The topological polar surface area (TPSA) is 108 Å². The van der Waals surface area contributed by atoms with Gasteiger partial charge in [0.05, 0.1) is 12.0 Å². The van der Waals surface area contributed by atoms with Crippen LogP contribution in [0, 0.1) is 0 Å². The average molecular weight is 259 g/mol. The SMILES string of the molecule is C[C@H](NC(=O)[C@H](C)NC(=O)OC(C)(C)C)C(=O)[O-]. The third-order valence-electron chi connectivity index (χ3n) is 1.84. The first-order valence-electron chi connectivity index (χ1n) is 5.53. The van der Waals surface area contributed by atoms with Crippen LogP contribution in [-0.2, 0) is 14.3 Å². The Hall–Kier alpha value is -1.79. The van der Waals surface area contributed by atoms with Gasteiger partial charge in [-0.25, -0.2) is 4.79 Å². The van der Waals surface area contributed by atoms with Crippen LogP contribution < -0.4 is 15.7 Å². The van der Waals surface area contributed by atoms with Gasteiger partial charge in [-0.05, 0) is 34.6 Å². The van der Waals surface area contributed by atoms with Crippen molar-refractivity contribution in [2.24, 2.45) is 0 Å². The van der Waals surface area contributed by atoms with Gasteiger partial charge in [-0.15, -0.1) is 0 Å². The maximum atomic E-state index is 11.5. The minimum Gasteiger partial charge on any atom is -0.548 e. The van der Waals surface area contributed by atoms with Gasteiger partial charge in [0.2, 0.25) is 5.91 Å². The Morgan fingerprint density at radius 3 is 1.94 bits per heavy atom. The van der Waals surface area contributed by atoms with Gasteiger partial charge in [0, 0.05) is 0 Å². The third kappa shape index (κ3) is 6.72. The standard InChI is InChI=1S/C11H20N2O5/c1-6(8(14)12-7(2)9(15)16)13-10(17)18-11(3,4)5/h6-7H,1-5H3,(H,12,14)(H,13,17)(H,15,16)/p-1/t6-,7-/m0/s1. The molecule has 2 N–H and O–H groups in total. The highest BCUT2D eigenvalue weighted by Gasteiger charge is 2.21. The van der Waals surface area contributed by atoms with E-state index in [9.17, 15) is 19.5 Å². The Balaban J connectivity index is 4.24. The molecule has 0 aliphatic heterocycles. The van der Waals surface area contributed by atoms with E-state index in [0.717, 1.165) is 0 Å². The highest BCUT2D eigenvalue weighted by Crippen LogP contribution is 2.06. The number of carbonyl (C=O) groups is 3. The molecule has 2 atom stereocenters. The van der Waals surface area contributed by atoms with Crippen LogP contribution in [0.25, 0.3) is 0 Å². The molecule has 18 heavy (non-hydrogen) atoms. The van der Waals surface area contributed by atoms with Gasteiger partial charge < -0.3 is 25.3 Å². The zero-order valence-corrected chi connectivity index (χ0v) is 11.2. The third-order valence-corrected chi connectivity index (χ3v) is 1.84. The summed E-state index contributed by atoms with van der Waals surface area (Å²) in [7, 11) is 0. The van der Waals surface area contributed by atoms with Crippen molar-refractivity contribution in [1.29, 1.82) is 0 Å². The number of alkyl carbamates (subject to hydrolysis) is 1. The Bertz CT molecular complexity index is 335. The molecule has 0 aliphatic carbocycles. The molecule has 0 aromatic rings. The van der Waals surface area contributed by atoms with Gasteiger partial charge in [-0.1, -0.05) is 0 Å². The molecular formula is C11H19N2O5-. The molecule has 0 rings (SSSR count). The number of ether oxygens (including phenoxy) is 1. The lowest BCUT2D eigenvalue weighted by molar-refractivity contribution is -0.307. The van der Waals surface area contributed by atoms with Gasteiger partial charge >= 0.3 is 6.09 Å². The molecule has 0 heterocycles. The number of aliphatic carboxylic acids is 1. The fraction of sp³-hybridized carbons (Fsp3) is 0.727. The summed E-state index contributed by atoms with van der Waals surface area (Å²) in [5.41, 5.74) is -0.668. The van der Waals surface area contributed by atoms with Crippen molar-refractivity contribution in [3.05, 3.63) is 0 Å². The maximum Gasteiger partial charge on any atom is 0.408 e. The van der Waals surface area contributed by atoms with Crippen molar-refractivity contribution in [1.82, 2.24) is 10.6 Å². The van der Waals surface area contributed by atoms with E-state index in [1.165, 1.54) is 13.8 Å². The molecule has 0 fully saturated rings. The molecule has 7 heteroatoms. The van der Waals surface area contributed by atoms with Crippen molar-refractivity contribution < 1.29 is 24.2 Å². The van der Waals surface area contributed by atoms with Crippen LogP contribution in [0.2, 0.25) is 0 Å². The molecule has 0 aromatic heterocycles. The lowest BCUT2D eigenvalue weighted by atomic mass is 10.2. The van der Waals surface area contributed by atoms with Crippen LogP contribution in [-0.4, -0.2) is 35.7 Å². The predicted molar refractivity (Wildman–Crippen MR) is 61.4 cm³/mol. The molecular weight excluding hydrogens is 240 g/mol. The normalized spacial score (nSPS) is 14.3. The Morgan fingerprint density at radius 1 is 1.06 bits per heavy atom. The number of rotatable bonds is 4. The first-order chi connectivity index (χ1) is 8.03. The van der Waals surface area contributed by atoms with Crippen molar-refractivity contribution >= 4 is 18.0 Å². The summed E-state index contributed by atoms with van der Waals surface area (Å²) < 4.78 is 4.95. The molecule has 0 saturated carbocycles. The van der Waals surface area contributed by atoms with E-state index >= 15 is 0 Å². The lowest BCUT2D eigenvalue weighted by Crippen LogP contribution is -2.52. The monoisotopic (exact) mass is 259 g/mol. The zero-order valence-electron chi connectivity index (χ0n) is 11.2. The number of carbonyl (C=O) groups excluding carboxylic acids is 3. The van der Waals surface area contributed by atoms with Gasteiger partial charge in [-0.3, -0.25) is 4.79 Å². The molecule has 0 bridgehead atoms. The van der Waals surface area contributed by atoms with E-state index in [1.54, 1.807) is 20.8 Å². The van der Waals surface area contributed by atoms with Crippen LogP contribution >= 0.6 is 0 Å². The van der Waals surface area contributed by atoms with E-state index < -0.39 is 35.7 Å².